The largest absolute Gasteiger partial charge is 0.497 e. The molecule has 146 valence electrons. The third kappa shape index (κ3) is 7.77. The van der Waals surface area contributed by atoms with Gasteiger partial charge < -0.3 is 26.4 Å². The molecular weight excluding hydrogens is 445 g/mol. The maximum absolute atomic E-state index is 11.2. The maximum atomic E-state index is 11.2. The summed E-state index contributed by atoms with van der Waals surface area (Å²) in [7, 11) is 1.64. The third-order valence-corrected chi connectivity index (χ3v) is 4.52. The van der Waals surface area contributed by atoms with Gasteiger partial charge in [-0.25, -0.2) is 0 Å². The Morgan fingerprint density at radius 3 is 2.46 bits per heavy atom. The second-order valence-corrected chi connectivity index (χ2v) is 6.35. The molecule has 1 amide bonds. The van der Waals surface area contributed by atoms with E-state index in [9.17, 15) is 4.79 Å². The fourth-order valence-corrected chi connectivity index (χ4v) is 2.95. The van der Waals surface area contributed by atoms with E-state index in [0.29, 0.717) is 12.5 Å². The van der Waals surface area contributed by atoms with Crippen LogP contribution in [0.25, 0.3) is 0 Å². The smallest absolute Gasteiger partial charge is 0.220 e. The standard InChI is InChI=1S/C18H29N5O2.HI/c1-25-16-6-4-15(5-7-16)22-18(20)21-10-2-3-11-23-12-8-14(9-13-23)17(19)24;/h4-7,14H,2-3,8-13H2,1H3,(H2,19,24)(H3,20,21,22);1H. The predicted octanol–water partition coefficient (Wildman–Crippen LogP) is 2.02. The van der Waals surface area contributed by atoms with Gasteiger partial charge in [0, 0.05) is 18.2 Å². The first-order valence-electron chi connectivity index (χ1n) is 8.81. The minimum Gasteiger partial charge on any atom is -0.497 e. The molecule has 2 rings (SSSR count). The number of aliphatic imine (C=N–C) groups is 1. The Hall–Kier alpha value is -1.55. The second-order valence-electron chi connectivity index (χ2n) is 6.35. The fourth-order valence-electron chi connectivity index (χ4n) is 2.95. The van der Waals surface area contributed by atoms with Crippen molar-refractivity contribution in [2.75, 3.05) is 38.6 Å². The number of likely N-dealkylation sites (tertiary alicyclic amines) is 1. The first-order chi connectivity index (χ1) is 12.1. The van der Waals surface area contributed by atoms with Crippen molar-refractivity contribution in [3.8, 4) is 5.75 Å². The van der Waals surface area contributed by atoms with Crippen LogP contribution in [0.4, 0.5) is 5.69 Å². The lowest BCUT2D eigenvalue weighted by Gasteiger charge is -2.30. The lowest BCUT2D eigenvalue weighted by molar-refractivity contribution is -0.123. The van der Waals surface area contributed by atoms with Crippen LogP contribution in [0.1, 0.15) is 25.7 Å². The van der Waals surface area contributed by atoms with Crippen molar-refractivity contribution in [3.63, 3.8) is 0 Å². The van der Waals surface area contributed by atoms with Gasteiger partial charge in [0.2, 0.25) is 5.91 Å². The average molecular weight is 475 g/mol. The van der Waals surface area contributed by atoms with E-state index in [0.717, 1.165) is 56.8 Å². The Labute approximate surface area is 172 Å². The number of nitrogens with one attached hydrogen (secondary N) is 1. The van der Waals surface area contributed by atoms with Crippen molar-refractivity contribution in [2.45, 2.75) is 25.7 Å². The zero-order valence-corrected chi connectivity index (χ0v) is 17.6. The second kappa shape index (κ2) is 11.9. The summed E-state index contributed by atoms with van der Waals surface area (Å²) in [6.45, 7) is 3.65. The Morgan fingerprint density at radius 2 is 1.88 bits per heavy atom. The summed E-state index contributed by atoms with van der Waals surface area (Å²) in [6.07, 6.45) is 3.82. The number of halogens is 1. The number of amides is 1. The van der Waals surface area contributed by atoms with E-state index < -0.39 is 0 Å². The lowest BCUT2D eigenvalue weighted by Crippen LogP contribution is -2.38. The van der Waals surface area contributed by atoms with E-state index in [1.165, 1.54) is 0 Å². The normalized spacial score (nSPS) is 16.0. The van der Waals surface area contributed by atoms with E-state index in [4.69, 9.17) is 16.2 Å². The van der Waals surface area contributed by atoms with E-state index >= 15 is 0 Å². The maximum Gasteiger partial charge on any atom is 0.220 e. The van der Waals surface area contributed by atoms with Crippen LogP contribution in [-0.4, -0.2) is 50.1 Å². The fraction of sp³-hybridized carbons (Fsp3) is 0.556. The summed E-state index contributed by atoms with van der Waals surface area (Å²) in [5.41, 5.74) is 12.1. The highest BCUT2D eigenvalue weighted by Crippen LogP contribution is 2.17. The third-order valence-electron chi connectivity index (χ3n) is 4.52. The molecule has 0 spiro atoms. The number of nitrogens with zero attached hydrogens (tertiary/aromatic N) is 2. The highest BCUT2D eigenvalue weighted by atomic mass is 127. The van der Waals surface area contributed by atoms with Crippen LogP contribution in [0.15, 0.2) is 29.3 Å². The number of hydrogen-bond acceptors (Lipinski definition) is 4. The molecule has 0 radical (unpaired) electrons. The SMILES string of the molecule is COc1ccc(NC(N)=NCCCCN2CCC(C(N)=O)CC2)cc1.I. The van der Waals surface area contributed by atoms with Crippen molar-refractivity contribution in [3.05, 3.63) is 24.3 Å². The van der Waals surface area contributed by atoms with Crippen LogP contribution in [0.2, 0.25) is 0 Å². The molecule has 0 aromatic heterocycles. The van der Waals surface area contributed by atoms with Gasteiger partial charge in [-0.15, -0.1) is 24.0 Å². The Kier molecular flexibility index (Phi) is 10.3. The number of anilines is 1. The van der Waals surface area contributed by atoms with Gasteiger partial charge in [0.25, 0.3) is 0 Å². The number of unbranched alkanes of at least 4 members (excludes halogenated alkanes) is 1. The van der Waals surface area contributed by atoms with Crippen LogP contribution >= 0.6 is 24.0 Å². The molecule has 7 nitrogen and oxygen atoms in total. The van der Waals surface area contributed by atoms with Crippen molar-refractivity contribution < 1.29 is 9.53 Å². The summed E-state index contributed by atoms with van der Waals surface area (Å²) >= 11 is 0. The highest BCUT2D eigenvalue weighted by molar-refractivity contribution is 14.0. The van der Waals surface area contributed by atoms with Gasteiger partial charge in [-0.1, -0.05) is 0 Å². The minimum absolute atomic E-state index is 0. The van der Waals surface area contributed by atoms with Crippen molar-refractivity contribution in [1.82, 2.24) is 4.90 Å². The predicted molar refractivity (Wildman–Crippen MR) is 116 cm³/mol. The van der Waals surface area contributed by atoms with Crippen LogP contribution in [0.5, 0.6) is 5.75 Å². The van der Waals surface area contributed by atoms with E-state index in [1.807, 2.05) is 24.3 Å². The Bertz CT molecular complexity index is 571. The summed E-state index contributed by atoms with van der Waals surface area (Å²) in [5, 5.41) is 3.07. The molecule has 1 aliphatic rings. The molecular formula is C18H30IN5O2. The molecule has 1 saturated heterocycles. The van der Waals surface area contributed by atoms with E-state index in [1.54, 1.807) is 7.11 Å². The number of ether oxygens (including phenoxy) is 1. The van der Waals surface area contributed by atoms with Crippen LogP contribution < -0.4 is 21.5 Å². The molecule has 1 fully saturated rings. The summed E-state index contributed by atoms with van der Waals surface area (Å²) < 4.78 is 5.12. The summed E-state index contributed by atoms with van der Waals surface area (Å²) in [5.74, 6) is 1.13. The Morgan fingerprint density at radius 1 is 1.23 bits per heavy atom. The molecule has 0 saturated carbocycles. The molecule has 5 N–H and O–H groups in total. The molecule has 0 unspecified atom stereocenters. The Balaban J connectivity index is 0.00000338. The number of methoxy groups -OCH3 is 1. The number of guanidine groups is 1. The number of primary amides is 1. The van der Waals surface area contributed by atoms with Crippen molar-refractivity contribution in [1.29, 1.82) is 0 Å². The topological polar surface area (TPSA) is 106 Å². The monoisotopic (exact) mass is 475 g/mol. The van der Waals surface area contributed by atoms with Gasteiger partial charge in [-0.05, 0) is 69.6 Å². The molecule has 1 aromatic rings. The van der Waals surface area contributed by atoms with Gasteiger partial charge >= 0.3 is 0 Å². The van der Waals surface area contributed by atoms with Gasteiger partial charge in [-0.2, -0.15) is 0 Å². The summed E-state index contributed by atoms with van der Waals surface area (Å²) in [4.78, 5) is 17.9. The highest BCUT2D eigenvalue weighted by Gasteiger charge is 2.22. The average Bonchev–Trinajstić information content (AvgIpc) is 2.62. The van der Waals surface area contributed by atoms with Crippen LogP contribution in [0, 0.1) is 5.92 Å². The van der Waals surface area contributed by atoms with Gasteiger partial charge in [0.15, 0.2) is 5.96 Å². The van der Waals surface area contributed by atoms with Crippen LogP contribution in [0.3, 0.4) is 0 Å². The van der Waals surface area contributed by atoms with Gasteiger partial charge in [0.1, 0.15) is 5.75 Å². The van der Waals surface area contributed by atoms with Gasteiger partial charge in [-0.3, -0.25) is 9.79 Å². The zero-order chi connectivity index (χ0) is 18.1. The van der Waals surface area contributed by atoms with Crippen molar-refractivity contribution >= 4 is 41.5 Å². The first-order valence-corrected chi connectivity index (χ1v) is 8.81. The molecule has 0 bridgehead atoms. The van der Waals surface area contributed by atoms with E-state index in [2.05, 4.69) is 15.2 Å². The molecule has 0 aliphatic carbocycles. The van der Waals surface area contributed by atoms with Gasteiger partial charge in [0.05, 0.1) is 7.11 Å². The summed E-state index contributed by atoms with van der Waals surface area (Å²) in [6, 6.07) is 7.54. The van der Waals surface area contributed by atoms with Crippen LogP contribution in [-0.2, 0) is 4.79 Å². The first kappa shape index (κ1) is 22.5. The number of piperidine rings is 1. The number of carbonyl (C=O) groups excluding carboxylic acids is 1. The van der Waals surface area contributed by atoms with E-state index in [-0.39, 0.29) is 35.8 Å². The molecule has 1 aromatic carbocycles. The lowest BCUT2D eigenvalue weighted by atomic mass is 9.96. The van der Waals surface area contributed by atoms with Crippen molar-refractivity contribution in [2.24, 2.45) is 22.4 Å². The minimum atomic E-state index is -0.158. The number of rotatable bonds is 8. The number of carbonyl (C=O) groups is 1. The molecule has 26 heavy (non-hydrogen) atoms. The number of benzene rings is 1. The molecule has 8 heteroatoms. The zero-order valence-electron chi connectivity index (χ0n) is 15.3. The molecule has 1 aliphatic heterocycles. The number of nitrogens with two attached hydrogens (primary N) is 2. The molecule has 1 heterocycles. The quantitative estimate of drug-likeness (QED) is 0.231. The molecule has 0 atom stereocenters. The number of hydrogen-bond donors (Lipinski definition) is 3.